The summed E-state index contributed by atoms with van der Waals surface area (Å²) >= 11 is 0. The molecule has 0 radical (unpaired) electrons. The number of phenols is 1. The Morgan fingerprint density at radius 1 is 1.25 bits per heavy atom. The van der Waals surface area contributed by atoms with E-state index in [4.69, 9.17) is 5.73 Å². The Labute approximate surface area is 139 Å². The van der Waals surface area contributed by atoms with E-state index in [0.717, 1.165) is 22.4 Å². The number of phenolic OH excluding ortho intramolecular Hbond substituents is 1. The molecule has 0 saturated carbocycles. The number of hydrogen-bond donors (Lipinski definition) is 4. The van der Waals surface area contributed by atoms with Crippen LogP contribution in [0.5, 0.6) is 5.75 Å². The van der Waals surface area contributed by atoms with Gasteiger partial charge in [-0.25, -0.2) is 0 Å². The van der Waals surface area contributed by atoms with Crippen molar-refractivity contribution in [3.8, 4) is 5.75 Å². The maximum absolute atomic E-state index is 12.3. The topological polar surface area (TPSA) is 95.6 Å². The number of amides is 1. The SMILES string of the molecule is Nc1ccc2c(c1)C(=CC1Cc3c(O)cccc3C(O)C1)C(=O)N2. The summed E-state index contributed by atoms with van der Waals surface area (Å²) in [7, 11) is 0. The van der Waals surface area contributed by atoms with Crippen molar-refractivity contribution in [2.45, 2.75) is 18.9 Å². The van der Waals surface area contributed by atoms with Crippen molar-refractivity contribution in [1.82, 2.24) is 0 Å². The zero-order valence-corrected chi connectivity index (χ0v) is 13.0. The molecule has 1 heterocycles. The molecule has 122 valence electrons. The van der Waals surface area contributed by atoms with Crippen molar-refractivity contribution in [3.63, 3.8) is 0 Å². The zero-order valence-electron chi connectivity index (χ0n) is 13.0. The number of carbonyl (C=O) groups excluding carboxylic acids is 1. The Morgan fingerprint density at radius 2 is 2.08 bits per heavy atom. The van der Waals surface area contributed by atoms with Crippen LogP contribution in [0.4, 0.5) is 11.4 Å². The molecule has 1 aliphatic heterocycles. The second kappa shape index (κ2) is 5.39. The number of fused-ring (bicyclic) bond motifs is 2. The van der Waals surface area contributed by atoms with Crippen molar-refractivity contribution >= 4 is 22.9 Å². The maximum Gasteiger partial charge on any atom is 0.256 e. The molecular formula is C19H18N2O3. The number of aliphatic hydroxyl groups excluding tert-OH is 1. The smallest absolute Gasteiger partial charge is 0.256 e. The first-order chi connectivity index (χ1) is 11.5. The van der Waals surface area contributed by atoms with Gasteiger partial charge < -0.3 is 21.3 Å². The summed E-state index contributed by atoms with van der Waals surface area (Å²) in [5.41, 5.74) is 10.1. The van der Waals surface area contributed by atoms with Gasteiger partial charge in [-0.1, -0.05) is 18.2 Å². The molecule has 2 aromatic rings. The molecule has 1 amide bonds. The van der Waals surface area contributed by atoms with Gasteiger partial charge in [0.2, 0.25) is 0 Å². The number of benzene rings is 2. The van der Waals surface area contributed by atoms with E-state index in [2.05, 4.69) is 5.32 Å². The van der Waals surface area contributed by atoms with Gasteiger partial charge in [-0.15, -0.1) is 0 Å². The summed E-state index contributed by atoms with van der Waals surface area (Å²) in [6.07, 6.45) is 2.35. The molecule has 4 rings (SSSR count). The van der Waals surface area contributed by atoms with Gasteiger partial charge >= 0.3 is 0 Å². The van der Waals surface area contributed by atoms with Gasteiger partial charge in [0, 0.05) is 28.1 Å². The minimum atomic E-state index is -0.646. The van der Waals surface area contributed by atoms with Crippen LogP contribution in [0, 0.1) is 5.92 Å². The largest absolute Gasteiger partial charge is 0.508 e. The van der Waals surface area contributed by atoms with Gasteiger partial charge in [0.15, 0.2) is 0 Å². The third-order valence-corrected chi connectivity index (χ3v) is 4.77. The summed E-state index contributed by atoms with van der Waals surface area (Å²) in [6, 6.07) is 10.5. The lowest BCUT2D eigenvalue weighted by Gasteiger charge is -2.27. The van der Waals surface area contributed by atoms with Gasteiger partial charge in [-0.2, -0.15) is 0 Å². The average Bonchev–Trinajstić information content (AvgIpc) is 2.84. The van der Waals surface area contributed by atoms with Gasteiger partial charge in [0.25, 0.3) is 5.91 Å². The van der Waals surface area contributed by atoms with Crippen LogP contribution in [0.3, 0.4) is 0 Å². The van der Waals surface area contributed by atoms with E-state index in [1.807, 2.05) is 12.1 Å². The number of aliphatic hydroxyl groups is 1. The fourth-order valence-electron chi connectivity index (χ4n) is 3.62. The molecule has 2 aliphatic rings. The normalized spacial score (nSPS) is 23.7. The highest BCUT2D eigenvalue weighted by atomic mass is 16.3. The van der Waals surface area contributed by atoms with Crippen molar-refractivity contribution in [1.29, 1.82) is 0 Å². The molecule has 0 bridgehead atoms. The fourth-order valence-corrected chi connectivity index (χ4v) is 3.62. The molecular weight excluding hydrogens is 304 g/mol. The van der Waals surface area contributed by atoms with Crippen molar-refractivity contribution in [2.24, 2.45) is 5.92 Å². The van der Waals surface area contributed by atoms with E-state index >= 15 is 0 Å². The molecule has 0 saturated heterocycles. The molecule has 0 fully saturated rings. The summed E-state index contributed by atoms with van der Waals surface area (Å²) in [4.78, 5) is 12.3. The van der Waals surface area contributed by atoms with Crippen molar-refractivity contribution in [3.05, 3.63) is 59.2 Å². The number of aromatic hydroxyl groups is 1. The lowest BCUT2D eigenvalue weighted by Crippen LogP contribution is -2.18. The number of nitrogen functional groups attached to an aromatic ring is 1. The predicted molar refractivity (Wildman–Crippen MR) is 92.3 cm³/mol. The van der Waals surface area contributed by atoms with Crippen LogP contribution >= 0.6 is 0 Å². The van der Waals surface area contributed by atoms with Crippen LogP contribution in [0.1, 0.15) is 29.2 Å². The second-order valence-electron chi connectivity index (χ2n) is 6.40. The second-order valence-corrected chi connectivity index (χ2v) is 6.40. The Kier molecular flexibility index (Phi) is 3.32. The number of rotatable bonds is 1. The van der Waals surface area contributed by atoms with Crippen LogP contribution in [-0.2, 0) is 11.2 Å². The Hall–Kier alpha value is -2.79. The first kappa shape index (κ1) is 14.8. The maximum atomic E-state index is 12.3. The highest BCUT2D eigenvalue weighted by molar-refractivity contribution is 6.31. The molecule has 5 nitrogen and oxygen atoms in total. The Bertz CT molecular complexity index is 873. The monoisotopic (exact) mass is 322 g/mol. The van der Waals surface area contributed by atoms with E-state index in [1.165, 1.54) is 0 Å². The number of carbonyl (C=O) groups is 1. The predicted octanol–water partition coefficient (Wildman–Crippen LogP) is 2.61. The standard InChI is InChI=1S/C19H18N2O3/c20-11-4-5-16-13(9-11)15(19(24)21-16)7-10-6-14-12(18(23)8-10)2-1-3-17(14)22/h1-5,7,9-10,18,22-23H,6,8,20H2,(H,21,24). The molecule has 5 heteroatoms. The summed E-state index contributed by atoms with van der Waals surface area (Å²) < 4.78 is 0. The van der Waals surface area contributed by atoms with Crippen LogP contribution in [0.15, 0.2) is 42.5 Å². The van der Waals surface area contributed by atoms with E-state index in [-0.39, 0.29) is 17.6 Å². The zero-order chi connectivity index (χ0) is 16.8. The Balaban J connectivity index is 1.72. The average molecular weight is 322 g/mol. The fraction of sp³-hybridized carbons (Fsp3) is 0.211. The highest BCUT2D eigenvalue weighted by Crippen LogP contribution is 2.40. The van der Waals surface area contributed by atoms with E-state index in [1.54, 1.807) is 30.3 Å². The van der Waals surface area contributed by atoms with Gasteiger partial charge in [0.05, 0.1) is 6.10 Å². The molecule has 0 spiro atoms. The van der Waals surface area contributed by atoms with Gasteiger partial charge in [-0.05, 0) is 48.6 Å². The molecule has 2 unspecified atom stereocenters. The Morgan fingerprint density at radius 3 is 2.92 bits per heavy atom. The molecule has 2 aromatic carbocycles. The van der Waals surface area contributed by atoms with Crippen molar-refractivity contribution in [2.75, 3.05) is 11.1 Å². The number of allylic oxidation sites excluding steroid dienone is 1. The van der Waals surface area contributed by atoms with Crippen molar-refractivity contribution < 1.29 is 15.0 Å². The third kappa shape index (κ3) is 2.34. The lowest BCUT2D eigenvalue weighted by molar-refractivity contribution is -0.110. The highest BCUT2D eigenvalue weighted by Gasteiger charge is 2.30. The van der Waals surface area contributed by atoms with E-state index in [0.29, 0.717) is 24.1 Å². The molecule has 0 aromatic heterocycles. The summed E-state index contributed by atoms with van der Waals surface area (Å²) in [6.45, 7) is 0. The molecule has 1 aliphatic carbocycles. The summed E-state index contributed by atoms with van der Waals surface area (Å²) in [5.74, 6) is -0.00253. The number of nitrogens with one attached hydrogen (secondary N) is 1. The summed E-state index contributed by atoms with van der Waals surface area (Å²) in [5, 5.41) is 23.3. The van der Waals surface area contributed by atoms with Crippen LogP contribution in [0.25, 0.3) is 5.57 Å². The van der Waals surface area contributed by atoms with Crippen LogP contribution < -0.4 is 11.1 Å². The van der Waals surface area contributed by atoms with E-state index in [9.17, 15) is 15.0 Å². The van der Waals surface area contributed by atoms with Crippen LogP contribution in [-0.4, -0.2) is 16.1 Å². The first-order valence-electron chi connectivity index (χ1n) is 7.95. The number of anilines is 2. The molecule has 2 atom stereocenters. The van der Waals surface area contributed by atoms with Gasteiger partial charge in [0.1, 0.15) is 5.75 Å². The first-order valence-corrected chi connectivity index (χ1v) is 7.95. The van der Waals surface area contributed by atoms with E-state index < -0.39 is 6.10 Å². The lowest BCUT2D eigenvalue weighted by atomic mass is 9.80. The molecule has 5 N–H and O–H groups in total. The van der Waals surface area contributed by atoms with Gasteiger partial charge in [-0.3, -0.25) is 4.79 Å². The van der Waals surface area contributed by atoms with Crippen LogP contribution in [0.2, 0.25) is 0 Å². The molecule has 24 heavy (non-hydrogen) atoms. The third-order valence-electron chi connectivity index (χ3n) is 4.77. The quantitative estimate of drug-likeness (QED) is 0.479. The minimum Gasteiger partial charge on any atom is -0.508 e. The number of nitrogens with two attached hydrogens (primary N) is 1. The number of hydrogen-bond acceptors (Lipinski definition) is 4. The minimum absolute atomic E-state index is 0.0334.